The van der Waals surface area contributed by atoms with E-state index in [9.17, 15) is 15.3 Å². The van der Waals surface area contributed by atoms with Crippen molar-refractivity contribution in [3.63, 3.8) is 0 Å². The van der Waals surface area contributed by atoms with Crippen LogP contribution in [0.5, 0.6) is 0 Å². The third-order valence-corrected chi connectivity index (χ3v) is 1.17. The topological polar surface area (TPSA) is 93.0 Å². The van der Waals surface area contributed by atoms with E-state index >= 15 is 0 Å². The van der Waals surface area contributed by atoms with Crippen molar-refractivity contribution in [1.82, 2.24) is 0 Å². The minimum Gasteiger partial charge on any atom is -0.852 e. The first-order valence-corrected chi connectivity index (χ1v) is 6.91. The van der Waals surface area contributed by atoms with E-state index in [-0.39, 0.29) is 17.4 Å². The number of nitriles is 1. The summed E-state index contributed by atoms with van der Waals surface area (Å²) < 4.78 is 0. The van der Waals surface area contributed by atoms with Crippen LogP contribution in [0.3, 0.4) is 0 Å². The molecule has 0 spiro atoms. The molecule has 0 heterocycles. The zero-order chi connectivity index (χ0) is 16.4. The molecule has 20 heavy (non-hydrogen) atoms. The van der Waals surface area contributed by atoms with Crippen LogP contribution in [-0.2, 0) is 0 Å². The molecule has 0 aliphatic rings. The normalized spacial score (nSPS) is 8.50. The van der Waals surface area contributed by atoms with Crippen molar-refractivity contribution in [2.75, 3.05) is 0 Å². The molecule has 0 rings (SSSR count). The minimum atomic E-state index is -0.417. The number of nitrogens with zero attached hydrogens (tertiary/aromatic N) is 1. The molecule has 0 unspecified atom stereocenters. The van der Waals surface area contributed by atoms with Crippen LogP contribution in [0, 0.1) is 17.2 Å². The molecule has 0 saturated heterocycles. The summed E-state index contributed by atoms with van der Waals surface area (Å²) in [5.74, 6) is 0.292. The summed E-state index contributed by atoms with van der Waals surface area (Å²) in [4.78, 5) is 0. The standard InChI is InChI=1S/C6H11N.3C3H7O.Al/c1-3-6(4-2)5-7;3*1-3(2)4;/h6H,3-4H2,1-2H3;3*3H,1-2H3;/q;3*-1;+3. The maximum Gasteiger partial charge on any atom is 3.00 e. The van der Waals surface area contributed by atoms with Crippen molar-refractivity contribution in [3.05, 3.63) is 0 Å². The molecule has 0 atom stereocenters. The maximum absolute atomic E-state index is 9.53. The summed E-state index contributed by atoms with van der Waals surface area (Å²) in [6, 6.07) is 2.20. The van der Waals surface area contributed by atoms with Crippen LogP contribution in [0.1, 0.15) is 68.2 Å². The first-order chi connectivity index (χ1) is 8.54. The van der Waals surface area contributed by atoms with Gasteiger partial charge in [-0.3, -0.25) is 0 Å². The number of rotatable bonds is 2. The molecule has 0 amide bonds. The fraction of sp³-hybridized carbons (Fsp3) is 0.933. The smallest absolute Gasteiger partial charge is 0.852 e. The van der Waals surface area contributed by atoms with Crippen molar-refractivity contribution in [2.45, 2.75) is 86.5 Å². The summed E-state index contributed by atoms with van der Waals surface area (Å²) in [6.45, 7) is 13.7. The van der Waals surface area contributed by atoms with Crippen molar-refractivity contribution >= 4 is 17.4 Å². The number of hydrogen-bond donors (Lipinski definition) is 0. The van der Waals surface area contributed by atoms with E-state index in [1.165, 1.54) is 0 Å². The van der Waals surface area contributed by atoms with Gasteiger partial charge in [-0.25, -0.2) is 0 Å². The molecule has 0 N–H and O–H groups in total. The Labute approximate surface area is 137 Å². The Bertz CT molecular complexity index is 154. The first-order valence-electron chi connectivity index (χ1n) is 6.91. The Hall–Kier alpha value is -0.0975. The Morgan fingerprint density at radius 3 is 0.900 bits per heavy atom. The molecule has 0 fully saturated rings. The average molecular weight is 301 g/mol. The van der Waals surface area contributed by atoms with Crippen molar-refractivity contribution in [1.29, 1.82) is 5.26 Å². The molecule has 5 heteroatoms. The van der Waals surface area contributed by atoms with Gasteiger partial charge in [0.25, 0.3) is 0 Å². The van der Waals surface area contributed by atoms with Crippen molar-refractivity contribution in [2.24, 2.45) is 5.92 Å². The predicted octanol–water partition coefficient (Wildman–Crippen LogP) is 0.831. The second-order valence-electron chi connectivity index (χ2n) is 4.79. The molecule has 0 aliphatic carbocycles. The second kappa shape index (κ2) is 27.3. The third kappa shape index (κ3) is 147. The number of hydrogen-bond acceptors (Lipinski definition) is 4. The van der Waals surface area contributed by atoms with Gasteiger partial charge >= 0.3 is 17.4 Å². The van der Waals surface area contributed by atoms with Gasteiger partial charge in [0.1, 0.15) is 0 Å². The van der Waals surface area contributed by atoms with Crippen LogP contribution in [-0.4, -0.2) is 35.7 Å². The summed E-state index contributed by atoms with van der Waals surface area (Å²) >= 11 is 0. The van der Waals surface area contributed by atoms with Crippen molar-refractivity contribution in [3.8, 4) is 6.07 Å². The van der Waals surface area contributed by atoms with Crippen LogP contribution >= 0.6 is 0 Å². The largest absolute Gasteiger partial charge is 3.00 e. The molecule has 0 saturated carbocycles. The third-order valence-electron chi connectivity index (χ3n) is 1.17. The summed E-state index contributed by atoms with van der Waals surface area (Å²) in [7, 11) is 0. The van der Waals surface area contributed by atoms with Crippen LogP contribution in [0.4, 0.5) is 0 Å². The van der Waals surface area contributed by atoms with Crippen LogP contribution in [0.2, 0.25) is 0 Å². The molecule has 0 aromatic rings. The van der Waals surface area contributed by atoms with Gasteiger partial charge in [-0.15, -0.1) is 18.3 Å². The monoisotopic (exact) mass is 301 g/mol. The fourth-order valence-corrected chi connectivity index (χ4v) is 0.471. The van der Waals surface area contributed by atoms with Gasteiger partial charge in [0.05, 0.1) is 6.07 Å². The minimum absolute atomic E-state index is 0. The predicted molar refractivity (Wildman–Crippen MR) is 80.8 cm³/mol. The maximum atomic E-state index is 9.53. The Morgan fingerprint density at radius 1 is 0.750 bits per heavy atom. The molecule has 0 aromatic carbocycles. The van der Waals surface area contributed by atoms with Gasteiger partial charge in [0.2, 0.25) is 0 Å². The average Bonchev–Trinajstić information content (AvgIpc) is 2.17. The van der Waals surface area contributed by atoms with Gasteiger partial charge in [-0.2, -0.15) is 5.26 Å². The molecule has 118 valence electrons. The van der Waals surface area contributed by atoms with Crippen LogP contribution in [0.15, 0.2) is 0 Å². The van der Waals surface area contributed by atoms with E-state index in [0.717, 1.165) is 12.8 Å². The molecule has 4 nitrogen and oxygen atoms in total. The Kier molecular flexibility index (Phi) is 43.7. The molecule has 0 radical (unpaired) electrons. The zero-order valence-corrected chi connectivity index (χ0v) is 15.6. The first kappa shape index (κ1) is 32.0. The second-order valence-corrected chi connectivity index (χ2v) is 4.79. The van der Waals surface area contributed by atoms with E-state index in [2.05, 4.69) is 6.07 Å². The Balaban J connectivity index is -0.0000000512. The summed E-state index contributed by atoms with van der Waals surface area (Å²) in [5.41, 5.74) is 0. The zero-order valence-electron chi connectivity index (χ0n) is 14.5. The quantitative estimate of drug-likeness (QED) is 0.706. The molecular formula is C15H32AlNO3. The van der Waals surface area contributed by atoms with Crippen LogP contribution in [0.25, 0.3) is 0 Å². The molecule has 0 aromatic heterocycles. The van der Waals surface area contributed by atoms with Gasteiger partial charge in [-0.1, -0.05) is 55.4 Å². The van der Waals surface area contributed by atoms with Crippen LogP contribution < -0.4 is 15.3 Å². The molecular weight excluding hydrogens is 269 g/mol. The van der Waals surface area contributed by atoms with E-state index in [1.807, 2.05) is 13.8 Å². The van der Waals surface area contributed by atoms with E-state index in [0.29, 0.717) is 5.92 Å². The summed E-state index contributed by atoms with van der Waals surface area (Å²) in [6.07, 6.45) is 0.736. The Morgan fingerprint density at radius 2 is 0.900 bits per heavy atom. The SMILES string of the molecule is CC(C)[O-].CC(C)[O-].CC(C)[O-].CCC(C#N)CC.[Al+3]. The van der Waals surface area contributed by atoms with E-state index in [1.54, 1.807) is 41.5 Å². The fourth-order valence-electron chi connectivity index (χ4n) is 0.471. The molecule has 0 aliphatic heterocycles. The summed E-state index contributed by atoms with van der Waals surface area (Å²) in [5, 5.41) is 36.9. The van der Waals surface area contributed by atoms with Crippen molar-refractivity contribution < 1.29 is 15.3 Å². The van der Waals surface area contributed by atoms with Gasteiger partial charge in [0.15, 0.2) is 0 Å². The van der Waals surface area contributed by atoms with Gasteiger partial charge in [0, 0.05) is 5.92 Å². The van der Waals surface area contributed by atoms with Gasteiger partial charge < -0.3 is 15.3 Å². The van der Waals surface area contributed by atoms with E-state index < -0.39 is 18.3 Å². The molecule has 0 bridgehead atoms. The van der Waals surface area contributed by atoms with Gasteiger partial charge in [-0.05, 0) is 12.8 Å². The van der Waals surface area contributed by atoms with E-state index in [4.69, 9.17) is 5.26 Å².